The second kappa shape index (κ2) is 9.64. The van der Waals surface area contributed by atoms with Crippen LogP contribution in [0.1, 0.15) is 22.5 Å². The number of aromatic nitrogens is 1. The molecule has 1 aliphatic rings. The van der Waals surface area contributed by atoms with Crippen LogP contribution >= 0.6 is 11.3 Å². The molecule has 0 atom stereocenters. The number of hydrogen-bond donors (Lipinski definition) is 0. The summed E-state index contributed by atoms with van der Waals surface area (Å²) >= 11 is 1.67. The van der Waals surface area contributed by atoms with Gasteiger partial charge in [-0.05, 0) is 41.6 Å². The molecule has 0 aliphatic carbocycles. The first-order valence-corrected chi connectivity index (χ1v) is 11.3. The lowest BCUT2D eigenvalue weighted by molar-refractivity contribution is 0.0355. The number of aryl methyl sites for hydroxylation is 1. The van der Waals surface area contributed by atoms with Gasteiger partial charge in [-0.3, -0.25) is 9.69 Å². The highest BCUT2D eigenvalue weighted by molar-refractivity contribution is 7.17. The molecule has 0 unspecified atom stereocenters. The van der Waals surface area contributed by atoms with Crippen LogP contribution in [0.5, 0.6) is 5.75 Å². The Labute approximate surface area is 181 Å². The molecule has 1 amide bonds. The van der Waals surface area contributed by atoms with Crippen molar-refractivity contribution in [3.8, 4) is 5.75 Å². The van der Waals surface area contributed by atoms with Gasteiger partial charge >= 0.3 is 0 Å². The largest absolute Gasteiger partial charge is 0.497 e. The van der Waals surface area contributed by atoms with Crippen LogP contribution in [0, 0.1) is 0 Å². The standard InChI is InChI=1S/C23H29N3O3S/c1-24-20-7-14-30-22(20)16-21(24)23(27)26(9-4-8-25-10-12-29-13-11-25)17-18-5-3-6-19(15-18)28-2/h3,5-7,14-16H,4,8-13,17H2,1-2H3. The average Bonchev–Trinajstić information content (AvgIpc) is 3.36. The van der Waals surface area contributed by atoms with Crippen molar-refractivity contribution in [2.45, 2.75) is 13.0 Å². The maximum Gasteiger partial charge on any atom is 0.270 e. The number of amides is 1. The van der Waals surface area contributed by atoms with Gasteiger partial charge in [0.2, 0.25) is 0 Å². The van der Waals surface area contributed by atoms with E-state index < -0.39 is 0 Å². The summed E-state index contributed by atoms with van der Waals surface area (Å²) in [5, 5.41) is 2.06. The number of ether oxygens (including phenoxy) is 2. The first kappa shape index (κ1) is 20.9. The molecule has 1 fully saturated rings. The van der Waals surface area contributed by atoms with Gasteiger partial charge in [-0.15, -0.1) is 11.3 Å². The van der Waals surface area contributed by atoms with Crippen molar-refractivity contribution in [3.05, 3.63) is 53.0 Å². The van der Waals surface area contributed by atoms with Gasteiger partial charge < -0.3 is 18.9 Å². The van der Waals surface area contributed by atoms with Gasteiger partial charge in [0, 0.05) is 39.8 Å². The van der Waals surface area contributed by atoms with Gasteiger partial charge in [0.25, 0.3) is 5.91 Å². The Morgan fingerprint density at radius 2 is 2.07 bits per heavy atom. The van der Waals surface area contributed by atoms with Crippen LogP contribution in [0.2, 0.25) is 0 Å². The van der Waals surface area contributed by atoms with E-state index in [-0.39, 0.29) is 5.91 Å². The molecule has 3 heterocycles. The number of morpholine rings is 1. The molecule has 30 heavy (non-hydrogen) atoms. The molecule has 7 heteroatoms. The second-order valence-corrected chi connectivity index (χ2v) is 8.59. The molecule has 2 aromatic heterocycles. The zero-order chi connectivity index (χ0) is 20.9. The third kappa shape index (κ3) is 4.69. The first-order valence-electron chi connectivity index (χ1n) is 10.4. The third-order valence-corrected chi connectivity index (χ3v) is 6.54. The summed E-state index contributed by atoms with van der Waals surface area (Å²) in [5.41, 5.74) is 2.93. The topological polar surface area (TPSA) is 46.9 Å². The molecule has 1 saturated heterocycles. The molecule has 6 nitrogen and oxygen atoms in total. The Bertz CT molecular complexity index is 991. The number of nitrogens with zero attached hydrogens (tertiary/aromatic N) is 3. The van der Waals surface area contributed by atoms with Gasteiger partial charge in [0.05, 0.1) is 30.5 Å². The number of benzene rings is 1. The number of hydrogen-bond acceptors (Lipinski definition) is 5. The van der Waals surface area contributed by atoms with Crippen LogP contribution in [-0.4, -0.2) is 66.8 Å². The maximum atomic E-state index is 13.5. The number of carbonyl (C=O) groups excluding carboxylic acids is 1. The minimum Gasteiger partial charge on any atom is -0.497 e. The lowest BCUT2D eigenvalue weighted by Crippen LogP contribution is -2.39. The van der Waals surface area contributed by atoms with Crippen molar-refractivity contribution in [2.75, 3.05) is 46.5 Å². The highest BCUT2D eigenvalue weighted by Gasteiger charge is 2.21. The van der Waals surface area contributed by atoms with Crippen molar-refractivity contribution in [2.24, 2.45) is 7.05 Å². The van der Waals surface area contributed by atoms with Crippen LogP contribution in [0.15, 0.2) is 41.8 Å². The van der Waals surface area contributed by atoms with Crippen LogP contribution in [0.25, 0.3) is 10.2 Å². The number of rotatable bonds is 8. The Morgan fingerprint density at radius 1 is 1.23 bits per heavy atom. The van der Waals surface area contributed by atoms with E-state index in [0.717, 1.165) is 66.5 Å². The van der Waals surface area contributed by atoms with E-state index in [9.17, 15) is 4.79 Å². The molecule has 160 valence electrons. The van der Waals surface area contributed by atoms with Gasteiger partial charge in [-0.2, -0.15) is 0 Å². The van der Waals surface area contributed by atoms with E-state index in [4.69, 9.17) is 9.47 Å². The molecule has 0 bridgehead atoms. The monoisotopic (exact) mass is 427 g/mol. The fraction of sp³-hybridized carbons (Fsp3) is 0.435. The summed E-state index contributed by atoms with van der Waals surface area (Å²) in [6.07, 6.45) is 0.939. The summed E-state index contributed by atoms with van der Waals surface area (Å²) < 4.78 is 14.0. The Balaban J connectivity index is 1.51. The predicted octanol–water partition coefficient (Wildman–Crippen LogP) is 3.61. The summed E-state index contributed by atoms with van der Waals surface area (Å²) in [6.45, 7) is 5.80. The van der Waals surface area contributed by atoms with Crippen molar-refractivity contribution in [1.29, 1.82) is 0 Å². The van der Waals surface area contributed by atoms with Gasteiger partial charge in [-0.1, -0.05) is 12.1 Å². The fourth-order valence-electron chi connectivity index (χ4n) is 3.97. The second-order valence-electron chi connectivity index (χ2n) is 7.64. The molecule has 3 aromatic rings. The van der Waals surface area contributed by atoms with Crippen LogP contribution in [0.4, 0.5) is 0 Å². The molecular weight excluding hydrogens is 398 g/mol. The summed E-state index contributed by atoms with van der Waals surface area (Å²) in [5.74, 6) is 0.887. The summed E-state index contributed by atoms with van der Waals surface area (Å²) in [6, 6.07) is 12.0. The van der Waals surface area contributed by atoms with Crippen molar-refractivity contribution < 1.29 is 14.3 Å². The van der Waals surface area contributed by atoms with E-state index in [0.29, 0.717) is 13.1 Å². The van der Waals surface area contributed by atoms with Crippen LogP contribution in [0.3, 0.4) is 0 Å². The SMILES string of the molecule is COc1cccc(CN(CCCN2CCOCC2)C(=O)c2cc3sccc3n2C)c1. The van der Waals surface area contributed by atoms with E-state index in [1.54, 1.807) is 18.4 Å². The zero-order valence-electron chi connectivity index (χ0n) is 17.7. The Morgan fingerprint density at radius 3 is 2.83 bits per heavy atom. The predicted molar refractivity (Wildman–Crippen MR) is 120 cm³/mol. The van der Waals surface area contributed by atoms with Gasteiger partial charge in [0.15, 0.2) is 0 Å². The van der Waals surface area contributed by atoms with Crippen LogP contribution < -0.4 is 4.74 Å². The Kier molecular flexibility index (Phi) is 6.72. The number of methoxy groups -OCH3 is 1. The van der Waals surface area contributed by atoms with Gasteiger partial charge in [0.1, 0.15) is 11.4 Å². The average molecular weight is 428 g/mol. The van der Waals surface area contributed by atoms with Gasteiger partial charge in [-0.25, -0.2) is 0 Å². The highest BCUT2D eigenvalue weighted by atomic mass is 32.1. The maximum absolute atomic E-state index is 13.5. The fourth-order valence-corrected chi connectivity index (χ4v) is 4.82. The summed E-state index contributed by atoms with van der Waals surface area (Å²) in [4.78, 5) is 17.9. The van der Waals surface area contributed by atoms with Crippen molar-refractivity contribution in [3.63, 3.8) is 0 Å². The molecule has 0 saturated carbocycles. The van der Waals surface area contributed by atoms with Crippen molar-refractivity contribution in [1.82, 2.24) is 14.4 Å². The quantitative estimate of drug-likeness (QED) is 0.551. The van der Waals surface area contributed by atoms with E-state index in [1.165, 1.54) is 0 Å². The molecule has 4 rings (SSSR count). The van der Waals surface area contributed by atoms with Crippen LogP contribution in [-0.2, 0) is 18.3 Å². The van der Waals surface area contributed by atoms with E-state index in [1.807, 2.05) is 46.8 Å². The molecule has 1 aromatic carbocycles. The normalized spacial score (nSPS) is 14.9. The Hall–Kier alpha value is -2.35. The number of fused-ring (bicyclic) bond motifs is 1. The third-order valence-electron chi connectivity index (χ3n) is 5.68. The molecule has 0 spiro atoms. The smallest absolute Gasteiger partial charge is 0.270 e. The molecule has 0 N–H and O–H groups in total. The first-order chi connectivity index (χ1) is 14.7. The summed E-state index contributed by atoms with van der Waals surface area (Å²) in [7, 11) is 3.64. The molecule has 1 aliphatic heterocycles. The number of thiophene rings is 1. The van der Waals surface area contributed by atoms with E-state index >= 15 is 0 Å². The zero-order valence-corrected chi connectivity index (χ0v) is 18.5. The molecule has 0 radical (unpaired) electrons. The number of carbonyl (C=O) groups is 1. The van der Waals surface area contributed by atoms with E-state index in [2.05, 4.69) is 16.3 Å². The molecular formula is C23H29N3O3S. The minimum absolute atomic E-state index is 0.0747. The lowest BCUT2D eigenvalue weighted by Gasteiger charge is -2.28. The lowest BCUT2D eigenvalue weighted by atomic mass is 10.2. The minimum atomic E-state index is 0.0747. The van der Waals surface area contributed by atoms with Crippen molar-refractivity contribution >= 4 is 27.5 Å². The highest BCUT2D eigenvalue weighted by Crippen LogP contribution is 2.25.